The van der Waals surface area contributed by atoms with Crippen LogP contribution in [0.2, 0.25) is 0 Å². The second-order valence-electron chi connectivity index (χ2n) is 5.21. The minimum Gasteiger partial charge on any atom is -0.475 e. The van der Waals surface area contributed by atoms with Crippen molar-refractivity contribution in [1.29, 1.82) is 0 Å². The van der Waals surface area contributed by atoms with E-state index in [1.165, 1.54) is 12.8 Å². The molecule has 0 aromatic carbocycles. The van der Waals surface area contributed by atoms with E-state index in [-0.39, 0.29) is 0 Å². The van der Waals surface area contributed by atoms with E-state index in [0.717, 1.165) is 12.8 Å². The molecule has 6 nitrogen and oxygen atoms in total. The number of fused-ring (bicyclic) bond motifs is 2. The van der Waals surface area contributed by atoms with E-state index in [1.54, 1.807) is 6.20 Å². The van der Waals surface area contributed by atoms with Gasteiger partial charge in [0, 0.05) is 24.3 Å². The largest absolute Gasteiger partial charge is 0.490 e. The summed E-state index contributed by atoms with van der Waals surface area (Å²) in [4.78, 5) is 8.90. The third kappa shape index (κ3) is 4.83. The van der Waals surface area contributed by atoms with Crippen LogP contribution in [0.25, 0.3) is 0 Å². The summed E-state index contributed by atoms with van der Waals surface area (Å²) in [5, 5.41) is 18.5. The van der Waals surface area contributed by atoms with Crippen molar-refractivity contribution in [2.24, 2.45) is 0 Å². The Morgan fingerprint density at radius 2 is 1.91 bits per heavy atom. The van der Waals surface area contributed by atoms with Crippen LogP contribution >= 0.6 is 0 Å². The molecule has 0 aliphatic carbocycles. The Kier molecular flexibility index (Phi) is 5.17. The summed E-state index contributed by atoms with van der Waals surface area (Å²) in [7, 11) is 0. The highest BCUT2D eigenvalue weighted by molar-refractivity contribution is 5.73. The number of hydrogen-bond donors (Lipinski definition) is 2. The van der Waals surface area contributed by atoms with Gasteiger partial charge in [-0.2, -0.15) is 18.3 Å². The topological polar surface area (TPSA) is 84.3 Å². The highest BCUT2D eigenvalue weighted by Crippen LogP contribution is 2.28. The number of carboxylic acid groups (broad SMARTS) is 1. The first-order valence-electron chi connectivity index (χ1n) is 6.85. The lowest BCUT2D eigenvalue weighted by molar-refractivity contribution is -0.192. The maximum Gasteiger partial charge on any atom is 0.490 e. The van der Waals surface area contributed by atoms with Crippen LogP contribution in [0, 0.1) is 0 Å². The standard InChI is InChI=1S/C11H15N3O.C2HF3O2/c1-2-11(14-12-5-1)15-10-6-8-3-4-9(7-10)13-8;3-2(4,5)1(6)7/h1-2,5,8-10,13H,3-4,6-7H2;(H,6,7)/t8-,9+,10+;. The van der Waals surface area contributed by atoms with Gasteiger partial charge in [-0.25, -0.2) is 4.79 Å². The molecule has 2 aliphatic rings. The molecule has 2 aliphatic heterocycles. The maximum absolute atomic E-state index is 10.6. The second kappa shape index (κ2) is 6.91. The maximum atomic E-state index is 10.6. The van der Waals surface area contributed by atoms with E-state index in [2.05, 4.69) is 15.5 Å². The van der Waals surface area contributed by atoms with Gasteiger partial charge < -0.3 is 15.2 Å². The van der Waals surface area contributed by atoms with E-state index >= 15 is 0 Å². The Balaban J connectivity index is 0.000000217. The van der Waals surface area contributed by atoms with Gasteiger partial charge in [-0.15, -0.1) is 5.10 Å². The molecule has 22 heavy (non-hydrogen) atoms. The lowest BCUT2D eigenvalue weighted by Crippen LogP contribution is -2.42. The van der Waals surface area contributed by atoms with Crippen molar-refractivity contribution in [3.05, 3.63) is 18.3 Å². The van der Waals surface area contributed by atoms with E-state index in [4.69, 9.17) is 14.6 Å². The first kappa shape index (κ1) is 16.5. The molecule has 0 amide bonds. The van der Waals surface area contributed by atoms with Crippen molar-refractivity contribution < 1.29 is 27.8 Å². The number of hydrogen-bond acceptors (Lipinski definition) is 5. The molecular weight excluding hydrogens is 303 g/mol. The van der Waals surface area contributed by atoms with Crippen LogP contribution < -0.4 is 10.1 Å². The highest BCUT2D eigenvalue weighted by atomic mass is 19.4. The van der Waals surface area contributed by atoms with Crippen molar-refractivity contribution in [3.8, 4) is 5.88 Å². The van der Waals surface area contributed by atoms with Gasteiger partial charge >= 0.3 is 12.1 Å². The third-order valence-electron chi connectivity index (χ3n) is 3.51. The van der Waals surface area contributed by atoms with Crippen LogP contribution in [0.1, 0.15) is 25.7 Å². The number of aromatic nitrogens is 2. The second-order valence-corrected chi connectivity index (χ2v) is 5.21. The summed E-state index contributed by atoms with van der Waals surface area (Å²) in [5.41, 5.74) is 0. The van der Waals surface area contributed by atoms with E-state index in [1.807, 2.05) is 12.1 Å². The van der Waals surface area contributed by atoms with Crippen LogP contribution in [0.15, 0.2) is 18.3 Å². The molecule has 2 fully saturated rings. The van der Waals surface area contributed by atoms with Gasteiger partial charge in [0.15, 0.2) is 0 Å². The van der Waals surface area contributed by atoms with Crippen molar-refractivity contribution in [2.45, 2.75) is 50.0 Å². The Labute approximate surface area is 124 Å². The van der Waals surface area contributed by atoms with Gasteiger partial charge in [-0.1, -0.05) is 0 Å². The summed E-state index contributed by atoms with van der Waals surface area (Å²) in [6.07, 6.45) is 1.70. The number of nitrogens with one attached hydrogen (secondary N) is 1. The summed E-state index contributed by atoms with van der Waals surface area (Å²) in [6, 6.07) is 5.05. The van der Waals surface area contributed by atoms with Crippen LogP contribution in [0.3, 0.4) is 0 Å². The molecule has 3 heterocycles. The molecule has 1 aromatic heterocycles. The lowest BCUT2D eigenvalue weighted by atomic mass is 10.0. The lowest BCUT2D eigenvalue weighted by Gasteiger charge is -2.28. The quantitative estimate of drug-likeness (QED) is 0.864. The summed E-state index contributed by atoms with van der Waals surface area (Å²) < 4.78 is 37.6. The number of nitrogens with zero attached hydrogens (tertiary/aromatic N) is 2. The first-order valence-corrected chi connectivity index (χ1v) is 6.85. The normalized spacial score (nSPS) is 26.8. The molecule has 0 radical (unpaired) electrons. The van der Waals surface area contributed by atoms with Gasteiger partial charge in [-0.3, -0.25) is 0 Å². The average Bonchev–Trinajstić information content (AvgIpc) is 2.79. The number of carboxylic acids is 1. The van der Waals surface area contributed by atoms with Crippen molar-refractivity contribution >= 4 is 5.97 Å². The fourth-order valence-electron chi connectivity index (χ4n) is 2.62. The summed E-state index contributed by atoms with van der Waals surface area (Å²) in [5.74, 6) is -2.10. The molecule has 2 N–H and O–H groups in total. The Morgan fingerprint density at radius 3 is 2.36 bits per heavy atom. The van der Waals surface area contributed by atoms with Crippen molar-refractivity contribution in [1.82, 2.24) is 15.5 Å². The first-order chi connectivity index (χ1) is 10.3. The molecule has 0 spiro atoms. The van der Waals surface area contributed by atoms with Gasteiger partial charge in [-0.05, 0) is 31.7 Å². The van der Waals surface area contributed by atoms with Crippen LogP contribution in [0.5, 0.6) is 5.88 Å². The molecule has 1 aromatic rings. The zero-order valence-electron chi connectivity index (χ0n) is 11.6. The van der Waals surface area contributed by atoms with Crippen LogP contribution in [-0.4, -0.2) is 45.6 Å². The minimum absolute atomic E-state index is 0.320. The van der Waals surface area contributed by atoms with E-state index in [0.29, 0.717) is 24.1 Å². The number of carbonyl (C=O) groups is 1. The predicted molar refractivity (Wildman–Crippen MR) is 69.3 cm³/mol. The molecule has 0 saturated carbocycles. The number of aliphatic carboxylic acids is 1. The highest BCUT2D eigenvalue weighted by Gasteiger charge is 2.38. The zero-order chi connectivity index (χ0) is 16.2. The van der Waals surface area contributed by atoms with Gasteiger partial charge in [0.05, 0.1) is 0 Å². The number of alkyl halides is 3. The van der Waals surface area contributed by atoms with Gasteiger partial charge in [0.25, 0.3) is 0 Å². The molecule has 0 unspecified atom stereocenters. The molecule has 3 atom stereocenters. The summed E-state index contributed by atoms with van der Waals surface area (Å²) in [6.45, 7) is 0. The monoisotopic (exact) mass is 319 g/mol. The Bertz CT molecular complexity index is 486. The average molecular weight is 319 g/mol. The number of halogens is 3. The van der Waals surface area contributed by atoms with Gasteiger partial charge in [0.1, 0.15) is 6.10 Å². The van der Waals surface area contributed by atoms with Crippen LogP contribution in [0.4, 0.5) is 13.2 Å². The smallest absolute Gasteiger partial charge is 0.475 e. The fraction of sp³-hybridized carbons (Fsp3) is 0.615. The Hall–Kier alpha value is -1.90. The van der Waals surface area contributed by atoms with Crippen molar-refractivity contribution in [3.63, 3.8) is 0 Å². The number of ether oxygens (including phenoxy) is 1. The molecule has 122 valence electrons. The zero-order valence-corrected chi connectivity index (χ0v) is 11.6. The third-order valence-corrected chi connectivity index (χ3v) is 3.51. The number of piperidine rings is 1. The molecular formula is C13H16F3N3O3. The van der Waals surface area contributed by atoms with E-state index in [9.17, 15) is 13.2 Å². The number of rotatable bonds is 2. The Morgan fingerprint density at radius 1 is 1.32 bits per heavy atom. The minimum atomic E-state index is -5.08. The summed E-state index contributed by atoms with van der Waals surface area (Å²) >= 11 is 0. The molecule has 3 rings (SSSR count). The SMILES string of the molecule is O=C(O)C(F)(F)F.c1cnnc(O[C@H]2C[C@H]3CC[C@@H](C2)N3)c1. The van der Waals surface area contributed by atoms with Crippen LogP contribution in [-0.2, 0) is 4.79 Å². The van der Waals surface area contributed by atoms with Crippen molar-refractivity contribution in [2.75, 3.05) is 0 Å². The molecule has 2 saturated heterocycles. The van der Waals surface area contributed by atoms with Gasteiger partial charge in [0.2, 0.25) is 5.88 Å². The fourth-order valence-corrected chi connectivity index (χ4v) is 2.62. The predicted octanol–water partition coefficient (Wildman–Crippen LogP) is 1.77. The van der Waals surface area contributed by atoms with E-state index < -0.39 is 12.1 Å². The molecule has 2 bridgehead atoms. The molecule has 9 heteroatoms.